The minimum absolute atomic E-state index is 0.0106. The quantitative estimate of drug-likeness (QED) is 0.701. The highest BCUT2D eigenvalue weighted by Gasteiger charge is 2.25. The summed E-state index contributed by atoms with van der Waals surface area (Å²) in [6.07, 6.45) is 3.41. The number of carbonyl (C=O) groups is 1. The number of esters is 1. The molecule has 1 aliphatic heterocycles. The number of hydrogen-bond donors (Lipinski definition) is 0. The molecule has 0 radical (unpaired) electrons. The summed E-state index contributed by atoms with van der Waals surface area (Å²) >= 11 is 0. The van der Waals surface area contributed by atoms with Gasteiger partial charge in [-0.05, 0) is 25.7 Å². The maximum absolute atomic E-state index is 11.5. The molecule has 2 heterocycles. The van der Waals surface area contributed by atoms with E-state index >= 15 is 0 Å². The number of hydrogen-bond acceptors (Lipinski definition) is 4. The third-order valence-electron chi connectivity index (χ3n) is 3.21. The Morgan fingerprint density at radius 3 is 3.06 bits per heavy atom. The van der Waals surface area contributed by atoms with E-state index in [9.17, 15) is 4.79 Å². The second-order valence-electron chi connectivity index (χ2n) is 4.11. The number of fused-ring (bicyclic) bond motifs is 1. The predicted octanol–water partition coefficient (Wildman–Crippen LogP) is 0.966. The third-order valence-corrected chi connectivity index (χ3v) is 3.21. The van der Waals surface area contributed by atoms with Crippen molar-refractivity contribution in [2.24, 2.45) is 5.92 Å². The molecule has 0 bridgehead atoms. The molecule has 0 N–H and O–H groups in total. The van der Waals surface area contributed by atoms with E-state index in [2.05, 4.69) is 17.2 Å². The monoisotopic (exact) mass is 223 g/mol. The van der Waals surface area contributed by atoms with Crippen LogP contribution in [0.25, 0.3) is 0 Å². The van der Waals surface area contributed by atoms with Crippen molar-refractivity contribution >= 4 is 5.97 Å². The van der Waals surface area contributed by atoms with E-state index in [-0.39, 0.29) is 11.9 Å². The summed E-state index contributed by atoms with van der Waals surface area (Å²) in [4.78, 5) is 11.5. The van der Waals surface area contributed by atoms with Crippen LogP contribution in [0.3, 0.4) is 0 Å². The molecule has 0 aliphatic carbocycles. The van der Waals surface area contributed by atoms with Crippen molar-refractivity contribution in [2.75, 3.05) is 7.11 Å². The van der Waals surface area contributed by atoms with Gasteiger partial charge in [-0.1, -0.05) is 12.1 Å². The molecule has 5 heteroatoms. The van der Waals surface area contributed by atoms with E-state index in [1.807, 2.05) is 4.68 Å². The van der Waals surface area contributed by atoms with Crippen molar-refractivity contribution in [3.05, 3.63) is 11.4 Å². The highest BCUT2D eigenvalue weighted by molar-refractivity contribution is 5.72. The Hall–Kier alpha value is -1.39. The minimum atomic E-state index is -0.100. The lowest BCUT2D eigenvalue weighted by molar-refractivity contribution is -0.145. The molecule has 1 aliphatic rings. The van der Waals surface area contributed by atoms with E-state index in [4.69, 9.17) is 4.74 Å². The van der Waals surface area contributed by atoms with E-state index in [0.717, 1.165) is 37.9 Å². The van der Waals surface area contributed by atoms with Gasteiger partial charge in [0, 0.05) is 6.54 Å². The first-order valence-corrected chi connectivity index (χ1v) is 5.75. The Labute approximate surface area is 94.8 Å². The van der Waals surface area contributed by atoms with Gasteiger partial charge in [0.25, 0.3) is 0 Å². The number of nitrogens with zero attached hydrogens (tertiary/aromatic N) is 3. The van der Waals surface area contributed by atoms with E-state index in [1.54, 1.807) is 0 Å². The molecule has 0 fully saturated rings. The number of rotatable bonds is 2. The number of carbonyl (C=O) groups excluding carboxylic acids is 1. The summed E-state index contributed by atoms with van der Waals surface area (Å²) in [7, 11) is 1.45. The molecule has 0 saturated carbocycles. The molecule has 0 spiro atoms. The van der Waals surface area contributed by atoms with Crippen molar-refractivity contribution < 1.29 is 9.53 Å². The van der Waals surface area contributed by atoms with Gasteiger partial charge >= 0.3 is 5.97 Å². The molecule has 0 aromatic carbocycles. The SMILES string of the molecule is CCc1nnn2c1CCC(C(=O)OC)CC2. The van der Waals surface area contributed by atoms with E-state index < -0.39 is 0 Å². The molecular formula is C11H17N3O2. The average Bonchev–Trinajstić information content (AvgIpc) is 2.59. The normalized spacial score (nSPS) is 20.0. The van der Waals surface area contributed by atoms with Crippen LogP contribution in [0.15, 0.2) is 0 Å². The van der Waals surface area contributed by atoms with Crippen molar-refractivity contribution in [3.8, 4) is 0 Å². The van der Waals surface area contributed by atoms with Gasteiger partial charge in [0.05, 0.1) is 24.4 Å². The van der Waals surface area contributed by atoms with Crippen LogP contribution in [0.5, 0.6) is 0 Å². The van der Waals surface area contributed by atoms with Crippen molar-refractivity contribution in [1.82, 2.24) is 15.0 Å². The first-order valence-electron chi connectivity index (χ1n) is 5.75. The maximum atomic E-state index is 11.5. The summed E-state index contributed by atoms with van der Waals surface area (Å²) in [5, 5.41) is 8.27. The van der Waals surface area contributed by atoms with Gasteiger partial charge in [0.1, 0.15) is 0 Å². The topological polar surface area (TPSA) is 57.0 Å². The van der Waals surface area contributed by atoms with E-state index in [0.29, 0.717) is 0 Å². The largest absolute Gasteiger partial charge is 0.469 e. The number of methoxy groups -OCH3 is 1. The number of aromatic nitrogens is 3. The Morgan fingerprint density at radius 2 is 2.38 bits per heavy atom. The second kappa shape index (κ2) is 4.63. The molecule has 1 atom stereocenters. The first kappa shape index (κ1) is 11.1. The van der Waals surface area contributed by atoms with Gasteiger partial charge in [-0.2, -0.15) is 0 Å². The van der Waals surface area contributed by atoms with Crippen LogP contribution in [-0.4, -0.2) is 28.1 Å². The maximum Gasteiger partial charge on any atom is 0.308 e. The molecule has 2 rings (SSSR count). The van der Waals surface area contributed by atoms with Crippen LogP contribution < -0.4 is 0 Å². The summed E-state index contributed by atoms with van der Waals surface area (Å²) in [6, 6.07) is 0. The number of ether oxygens (including phenoxy) is 1. The summed E-state index contributed by atoms with van der Waals surface area (Å²) in [5.41, 5.74) is 2.25. The first-order chi connectivity index (χ1) is 7.76. The Kier molecular flexibility index (Phi) is 3.22. The zero-order chi connectivity index (χ0) is 11.5. The van der Waals surface area contributed by atoms with Crippen LogP contribution in [0.4, 0.5) is 0 Å². The standard InChI is InChI=1S/C11H17N3O2/c1-3-9-10-5-4-8(11(15)16-2)6-7-14(10)13-12-9/h8H,3-7H2,1-2H3. The summed E-state index contributed by atoms with van der Waals surface area (Å²) in [6.45, 7) is 2.84. The molecule has 16 heavy (non-hydrogen) atoms. The lowest BCUT2D eigenvalue weighted by Crippen LogP contribution is -2.17. The minimum Gasteiger partial charge on any atom is -0.469 e. The highest BCUT2D eigenvalue weighted by atomic mass is 16.5. The smallest absolute Gasteiger partial charge is 0.308 e. The van der Waals surface area contributed by atoms with Gasteiger partial charge in [-0.15, -0.1) is 5.10 Å². The Bertz CT molecular complexity index is 387. The van der Waals surface area contributed by atoms with Gasteiger partial charge in [-0.3, -0.25) is 4.79 Å². The van der Waals surface area contributed by atoms with Crippen LogP contribution in [0.1, 0.15) is 31.2 Å². The lowest BCUT2D eigenvalue weighted by Gasteiger charge is -2.09. The average molecular weight is 223 g/mol. The Morgan fingerprint density at radius 1 is 1.56 bits per heavy atom. The van der Waals surface area contributed by atoms with Crippen molar-refractivity contribution in [2.45, 2.75) is 39.2 Å². The molecule has 1 aromatic rings. The Balaban J connectivity index is 2.13. The van der Waals surface area contributed by atoms with Gasteiger partial charge < -0.3 is 4.74 Å². The van der Waals surface area contributed by atoms with Crippen LogP contribution >= 0.6 is 0 Å². The van der Waals surface area contributed by atoms with Gasteiger partial charge in [0.15, 0.2) is 0 Å². The zero-order valence-electron chi connectivity index (χ0n) is 9.77. The van der Waals surface area contributed by atoms with Crippen LogP contribution in [-0.2, 0) is 28.9 Å². The zero-order valence-corrected chi connectivity index (χ0v) is 9.77. The fourth-order valence-corrected chi connectivity index (χ4v) is 2.23. The third kappa shape index (κ3) is 1.94. The van der Waals surface area contributed by atoms with Crippen molar-refractivity contribution in [3.63, 3.8) is 0 Å². The second-order valence-corrected chi connectivity index (χ2v) is 4.11. The fraction of sp³-hybridized carbons (Fsp3) is 0.727. The summed E-state index contributed by atoms with van der Waals surface area (Å²) < 4.78 is 6.73. The predicted molar refractivity (Wildman–Crippen MR) is 57.8 cm³/mol. The molecule has 5 nitrogen and oxygen atoms in total. The van der Waals surface area contributed by atoms with Crippen molar-refractivity contribution in [1.29, 1.82) is 0 Å². The van der Waals surface area contributed by atoms with Gasteiger partial charge in [0.2, 0.25) is 0 Å². The molecular weight excluding hydrogens is 206 g/mol. The lowest BCUT2D eigenvalue weighted by atomic mass is 9.99. The highest BCUT2D eigenvalue weighted by Crippen LogP contribution is 2.22. The van der Waals surface area contributed by atoms with Crippen LogP contribution in [0, 0.1) is 5.92 Å². The van der Waals surface area contributed by atoms with E-state index in [1.165, 1.54) is 12.8 Å². The molecule has 1 unspecified atom stereocenters. The van der Waals surface area contributed by atoms with Gasteiger partial charge in [-0.25, -0.2) is 4.68 Å². The molecule has 1 aromatic heterocycles. The fourth-order valence-electron chi connectivity index (χ4n) is 2.23. The molecule has 0 saturated heterocycles. The molecule has 0 amide bonds. The van der Waals surface area contributed by atoms with Crippen LogP contribution in [0.2, 0.25) is 0 Å². The summed E-state index contributed by atoms with van der Waals surface area (Å²) in [5.74, 6) is -0.0897. The number of aryl methyl sites for hydroxylation is 2. The molecule has 88 valence electrons.